The molecule has 0 spiro atoms. The van der Waals surface area contributed by atoms with Crippen LogP contribution in [-0.2, 0) is 0 Å². The summed E-state index contributed by atoms with van der Waals surface area (Å²) < 4.78 is 0. The summed E-state index contributed by atoms with van der Waals surface area (Å²) in [5.41, 5.74) is 1.20. The molecule has 1 aromatic carbocycles. The molecule has 1 aromatic heterocycles. The number of carbonyl (C=O) groups is 1. The predicted octanol–water partition coefficient (Wildman–Crippen LogP) is 3.31. The maximum atomic E-state index is 11.9. The van der Waals surface area contributed by atoms with Gasteiger partial charge in [-0.3, -0.25) is 4.79 Å². The molecule has 2 rings (SSSR count). The number of para-hydroxylation sites is 1. The lowest BCUT2D eigenvalue weighted by molar-refractivity contribution is 0.0957. The highest BCUT2D eigenvalue weighted by molar-refractivity contribution is 7.13. The number of anilines is 1. The van der Waals surface area contributed by atoms with Crippen LogP contribution in [-0.4, -0.2) is 26.0 Å². The predicted molar refractivity (Wildman–Crippen MR) is 85.7 cm³/mol. The molecular weight excluding hydrogens is 268 g/mol. The van der Waals surface area contributed by atoms with Gasteiger partial charge in [-0.25, -0.2) is 0 Å². The lowest BCUT2D eigenvalue weighted by atomic mass is 10.3. The van der Waals surface area contributed by atoms with Gasteiger partial charge in [0.05, 0.1) is 4.88 Å². The molecule has 0 saturated carbocycles. The Hall–Kier alpha value is -1.81. The zero-order valence-electron chi connectivity index (χ0n) is 11.9. The lowest BCUT2D eigenvalue weighted by Crippen LogP contribution is -2.27. The van der Waals surface area contributed by atoms with Crippen LogP contribution in [0.2, 0.25) is 0 Å². The maximum absolute atomic E-state index is 11.9. The van der Waals surface area contributed by atoms with Gasteiger partial charge in [-0.15, -0.1) is 11.3 Å². The SMILES string of the molecule is Cc1ccc(C(=O)NCCCN(C)c2ccccc2)s1. The van der Waals surface area contributed by atoms with Crippen molar-refractivity contribution in [3.05, 3.63) is 52.2 Å². The fraction of sp³-hybridized carbons (Fsp3) is 0.312. The zero-order chi connectivity index (χ0) is 14.4. The van der Waals surface area contributed by atoms with E-state index in [1.807, 2.05) is 37.3 Å². The Kier molecular flexibility index (Phi) is 5.18. The highest BCUT2D eigenvalue weighted by atomic mass is 32.1. The van der Waals surface area contributed by atoms with E-state index in [9.17, 15) is 4.79 Å². The topological polar surface area (TPSA) is 32.3 Å². The van der Waals surface area contributed by atoms with Gasteiger partial charge < -0.3 is 10.2 Å². The van der Waals surface area contributed by atoms with Crippen molar-refractivity contribution < 1.29 is 4.79 Å². The Morgan fingerprint density at radius 2 is 1.95 bits per heavy atom. The molecule has 106 valence electrons. The molecule has 20 heavy (non-hydrogen) atoms. The molecular formula is C16H20N2OS. The van der Waals surface area contributed by atoms with Gasteiger partial charge in [0.15, 0.2) is 0 Å². The minimum atomic E-state index is 0.0328. The molecule has 0 aliphatic rings. The molecule has 0 atom stereocenters. The van der Waals surface area contributed by atoms with Crippen molar-refractivity contribution in [2.75, 3.05) is 25.0 Å². The van der Waals surface area contributed by atoms with Crippen molar-refractivity contribution in [1.82, 2.24) is 5.32 Å². The van der Waals surface area contributed by atoms with Gasteiger partial charge in [0.25, 0.3) is 5.91 Å². The van der Waals surface area contributed by atoms with E-state index in [1.54, 1.807) is 0 Å². The van der Waals surface area contributed by atoms with Crippen LogP contribution in [0, 0.1) is 6.92 Å². The standard InChI is InChI=1S/C16H20N2OS/c1-13-9-10-15(20-13)16(19)17-11-6-12-18(2)14-7-4-3-5-8-14/h3-5,7-10H,6,11-12H2,1-2H3,(H,17,19). The summed E-state index contributed by atoms with van der Waals surface area (Å²) in [6.07, 6.45) is 0.932. The lowest BCUT2D eigenvalue weighted by Gasteiger charge is -2.19. The smallest absolute Gasteiger partial charge is 0.261 e. The first kappa shape index (κ1) is 14.6. The van der Waals surface area contributed by atoms with Gasteiger partial charge >= 0.3 is 0 Å². The highest BCUT2D eigenvalue weighted by Crippen LogP contribution is 2.14. The third-order valence-corrected chi connectivity index (χ3v) is 4.12. The number of nitrogens with zero attached hydrogens (tertiary/aromatic N) is 1. The first-order chi connectivity index (χ1) is 9.66. The Morgan fingerprint density at radius 3 is 2.60 bits per heavy atom. The number of rotatable bonds is 6. The van der Waals surface area contributed by atoms with Crippen LogP contribution >= 0.6 is 11.3 Å². The number of aryl methyl sites for hydroxylation is 1. The van der Waals surface area contributed by atoms with Crippen LogP contribution in [0.5, 0.6) is 0 Å². The van der Waals surface area contributed by atoms with Crippen LogP contribution in [0.25, 0.3) is 0 Å². The second-order valence-corrected chi connectivity index (χ2v) is 6.06. The van der Waals surface area contributed by atoms with Crippen molar-refractivity contribution in [3.8, 4) is 0 Å². The fourth-order valence-corrected chi connectivity index (χ4v) is 2.76. The molecule has 0 unspecified atom stereocenters. The van der Waals surface area contributed by atoms with Crippen molar-refractivity contribution in [1.29, 1.82) is 0 Å². The van der Waals surface area contributed by atoms with Crippen molar-refractivity contribution in [3.63, 3.8) is 0 Å². The van der Waals surface area contributed by atoms with Crippen molar-refractivity contribution >= 4 is 22.9 Å². The molecule has 4 heteroatoms. The second kappa shape index (κ2) is 7.10. The van der Waals surface area contributed by atoms with Crippen LogP contribution in [0.4, 0.5) is 5.69 Å². The van der Waals surface area contributed by atoms with E-state index >= 15 is 0 Å². The van der Waals surface area contributed by atoms with Crippen molar-refractivity contribution in [2.24, 2.45) is 0 Å². The molecule has 0 aliphatic carbocycles. The number of carbonyl (C=O) groups excluding carboxylic acids is 1. The second-order valence-electron chi connectivity index (χ2n) is 4.78. The van der Waals surface area contributed by atoms with Gasteiger partial charge in [0.2, 0.25) is 0 Å². The van der Waals surface area contributed by atoms with Crippen molar-refractivity contribution in [2.45, 2.75) is 13.3 Å². The highest BCUT2D eigenvalue weighted by Gasteiger charge is 2.07. The molecule has 0 fully saturated rings. The quantitative estimate of drug-likeness (QED) is 0.827. The Morgan fingerprint density at radius 1 is 1.20 bits per heavy atom. The van der Waals surface area contributed by atoms with E-state index < -0.39 is 0 Å². The van der Waals surface area contributed by atoms with Crippen LogP contribution in [0.15, 0.2) is 42.5 Å². The van der Waals surface area contributed by atoms with Crippen LogP contribution < -0.4 is 10.2 Å². The van der Waals surface area contributed by atoms with Gasteiger partial charge in [-0.2, -0.15) is 0 Å². The molecule has 2 aromatic rings. The minimum Gasteiger partial charge on any atom is -0.375 e. The summed E-state index contributed by atoms with van der Waals surface area (Å²) >= 11 is 1.53. The Balaban J connectivity index is 1.70. The number of nitrogens with one attached hydrogen (secondary N) is 1. The molecule has 0 saturated heterocycles. The summed E-state index contributed by atoms with van der Waals surface area (Å²) in [5.74, 6) is 0.0328. The van der Waals surface area contributed by atoms with E-state index in [0.717, 1.165) is 17.8 Å². The van der Waals surface area contributed by atoms with E-state index in [0.29, 0.717) is 6.54 Å². The maximum Gasteiger partial charge on any atom is 0.261 e. The molecule has 1 N–H and O–H groups in total. The van der Waals surface area contributed by atoms with E-state index in [4.69, 9.17) is 0 Å². The average Bonchev–Trinajstić information content (AvgIpc) is 2.91. The summed E-state index contributed by atoms with van der Waals surface area (Å²) in [6.45, 7) is 3.64. The van der Waals surface area contributed by atoms with Gasteiger partial charge in [-0.1, -0.05) is 18.2 Å². The molecule has 1 heterocycles. The molecule has 0 radical (unpaired) electrons. The first-order valence-corrected chi connectivity index (χ1v) is 7.59. The zero-order valence-corrected chi connectivity index (χ0v) is 12.7. The number of thiophene rings is 1. The fourth-order valence-electron chi connectivity index (χ4n) is 1.97. The largest absolute Gasteiger partial charge is 0.375 e. The third-order valence-electron chi connectivity index (χ3n) is 3.12. The summed E-state index contributed by atoms with van der Waals surface area (Å²) in [5, 5.41) is 2.96. The average molecular weight is 288 g/mol. The monoisotopic (exact) mass is 288 g/mol. The van der Waals surface area contributed by atoms with E-state index in [1.165, 1.54) is 21.9 Å². The normalized spacial score (nSPS) is 10.3. The molecule has 1 amide bonds. The van der Waals surface area contributed by atoms with Crippen LogP contribution in [0.3, 0.4) is 0 Å². The summed E-state index contributed by atoms with van der Waals surface area (Å²) in [4.78, 5) is 16.0. The van der Waals surface area contributed by atoms with E-state index in [-0.39, 0.29) is 5.91 Å². The first-order valence-electron chi connectivity index (χ1n) is 6.77. The number of hydrogen-bond acceptors (Lipinski definition) is 3. The number of benzene rings is 1. The van der Waals surface area contributed by atoms with Gasteiger partial charge in [0.1, 0.15) is 0 Å². The van der Waals surface area contributed by atoms with Crippen LogP contribution in [0.1, 0.15) is 21.0 Å². The summed E-state index contributed by atoms with van der Waals surface area (Å²) in [7, 11) is 2.07. The Labute approximate surface area is 124 Å². The molecule has 3 nitrogen and oxygen atoms in total. The Bertz CT molecular complexity index is 551. The number of amides is 1. The van der Waals surface area contributed by atoms with Gasteiger partial charge in [-0.05, 0) is 37.6 Å². The molecule has 0 bridgehead atoms. The van der Waals surface area contributed by atoms with Gasteiger partial charge in [0, 0.05) is 30.7 Å². The van der Waals surface area contributed by atoms with E-state index in [2.05, 4.69) is 29.4 Å². The third kappa shape index (κ3) is 4.10. The summed E-state index contributed by atoms with van der Waals surface area (Å²) in [6, 6.07) is 14.1. The number of hydrogen-bond donors (Lipinski definition) is 1. The molecule has 0 aliphatic heterocycles. The minimum absolute atomic E-state index is 0.0328.